The Morgan fingerprint density at radius 3 is 2.70 bits per heavy atom. The van der Waals surface area contributed by atoms with Crippen LogP contribution >= 0.6 is 0 Å². The van der Waals surface area contributed by atoms with Crippen molar-refractivity contribution >= 4 is 23.2 Å². The summed E-state index contributed by atoms with van der Waals surface area (Å²) in [5.74, 6) is 0.227. The molecule has 0 unspecified atom stereocenters. The van der Waals surface area contributed by atoms with Gasteiger partial charge >= 0.3 is 0 Å². The SMILES string of the molecule is Cc1ncc(-c2nc(Nc3ccc(N4CC[C@H](NC(=O)CO)C4)cc3)ncc2F)n1C(C)C. The van der Waals surface area contributed by atoms with Gasteiger partial charge in [-0.25, -0.2) is 19.3 Å². The number of aliphatic hydroxyl groups is 1. The predicted octanol–water partition coefficient (Wildman–Crippen LogP) is 2.80. The molecule has 1 saturated heterocycles. The number of nitrogens with zero attached hydrogens (tertiary/aromatic N) is 5. The molecule has 1 amide bonds. The highest BCUT2D eigenvalue weighted by atomic mass is 19.1. The average Bonchev–Trinajstić information content (AvgIpc) is 3.42. The van der Waals surface area contributed by atoms with E-state index in [4.69, 9.17) is 5.11 Å². The zero-order chi connectivity index (χ0) is 23.5. The molecule has 0 bridgehead atoms. The molecule has 1 aliphatic heterocycles. The van der Waals surface area contributed by atoms with E-state index in [1.54, 1.807) is 6.20 Å². The molecule has 1 aromatic carbocycles. The van der Waals surface area contributed by atoms with Crippen molar-refractivity contribution in [1.82, 2.24) is 24.8 Å². The lowest BCUT2D eigenvalue weighted by Crippen LogP contribution is -2.38. The van der Waals surface area contributed by atoms with Crippen molar-refractivity contribution in [3.63, 3.8) is 0 Å². The summed E-state index contributed by atoms with van der Waals surface area (Å²) < 4.78 is 16.5. The summed E-state index contributed by atoms with van der Waals surface area (Å²) >= 11 is 0. The first-order valence-electron chi connectivity index (χ1n) is 10.9. The summed E-state index contributed by atoms with van der Waals surface area (Å²) in [6.45, 7) is 6.92. The molecular formula is C23H28FN7O2. The molecule has 0 spiro atoms. The van der Waals surface area contributed by atoms with Gasteiger partial charge in [-0.3, -0.25) is 4.79 Å². The normalized spacial score (nSPS) is 15.8. The number of hydrogen-bond donors (Lipinski definition) is 3. The first-order chi connectivity index (χ1) is 15.9. The van der Waals surface area contributed by atoms with Crippen molar-refractivity contribution in [2.24, 2.45) is 0 Å². The Balaban J connectivity index is 1.47. The maximum Gasteiger partial charge on any atom is 0.245 e. The minimum absolute atomic E-state index is 0.0244. The van der Waals surface area contributed by atoms with Gasteiger partial charge in [-0.1, -0.05) is 0 Å². The number of rotatable bonds is 7. The Morgan fingerprint density at radius 2 is 2.00 bits per heavy atom. The fraction of sp³-hybridized carbons (Fsp3) is 0.391. The van der Waals surface area contributed by atoms with E-state index >= 15 is 0 Å². The highest BCUT2D eigenvalue weighted by Gasteiger charge is 2.24. The highest BCUT2D eigenvalue weighted by Crippen LogP contribution is 2.27. The van der Waals surface area contributed by atoms with E-state index in [0.29, 0.717) is 18.2 Å². The van der Waals surface area contributed by atoms with E-state index in [1.807, 2.05) is 49.6 Å². The van der Waals surface area contributed by atoms with E-state index < -0.39 is 12.4 Å². The van der Waals surface area contributed by atoms with Gasteiger partial charge in [0, 0.05) is 36.5 Å². The van der Waals surface area contributed by atoms with Gasteiger partial charge in [0.1, 0.15) is 18.1 Å². The van der Waals surface area contributed by atoms with Gasteiger partial charge in [0.05, 0.1) is 18.1 Å². The number of halogens is 1. The summed E-state index contributed by atoms with van der Waals surface area (Å²) in [7, 11) is 0. The number of anilines is 3. The van der Waals surface area contributed by atoms with Crippen LogP contribution in [0.3, 0.4) is 0 Å². The Bertz CT molecular complexity index is 1130. The smallest absolute Gasteiger partial charge is 0.245 e. The van der Waals surface area contributed by atoms with Gasteiger partial charge in [-0.2, -0.15) is 0 Å². The first-order valence-corrected chi connectivity index (χ1v) is 10.9. The van der Waals surface area contributed by atoms with Crippen molar-refractivity contribution in [1.29, 1.82) is 0 Å². The van der Waals surface area contributed by atoms with E-state index in [1.165, 1.54) is 0 Å². The molecule has 10 heteroatoms. The number of imidazole rings is 1. The number of carbonyl (C=O) groups is 1. The number of benzene rings is 1. The topological polar surface area (TPSA) is 108 Å². The zero-order valence-electron chi connectivity index (χ0n) is 18.9. The molecular weight excluding hydrogens is 425 g/mol. The van der Waals surface area contributed by atoms with Gasteiger partial charge in [0.15, 0.2) is 5.82 Å². The van der Waals surface area contributed by atoms with E-state index in [0.717, 1.165) is 36.4 Å². The second kappa shape index (κ2) is 9.53. The van der Waals surface area contributed by atoms with Crippen LogP contribution in [0.25, 0.3) is 11.4 Å². The van der Waals surface area contributed by atoms with Crippen LogP contribution in [0, 0.1) is 12.7 Å². The number of aliphatic hydroxyl groups excluding tert-OH is 1. The summed E-state index contributed by atoms with van der Waals surface area (Å²) in [6.07, 6.45) is 3.62. The van der Waals surface area contributed by atoms with Crippen molar-refractivity contribution in [2.75, 3.05) is 29.9 Å². The van der Waals surface area contributed by atoms with Crippen LogP contribution in [0.1, 0.15) is 32.1 Å². The van der Waals surface area contributed by atoms with Crippen LogP contribution in [0.4, 0.5) is 21.7 Å². The molecule has 0 radical (unpaired) electrons. The molecule has 2 aromatic heterocycles. The lowest BCUT2D eigenvalue weighted by atomic mass is 10.2. The number of nitrogens with one attached hydrogen (secondary N) is 2. The van der Waals surface area contributed by atoms with Crippen LogP contribution < -0.4 is 15.5 Å². The molecule has 9 nitrogen and oxygen atoms in total. The van der Waals surface area contributed by atoms with Crippen LogP contribution in [0.2, 0.25) is 0 Å². The fourth-order valence-electron chi connectivity index (χ4n) is 4.16. The van der Waals surface area contributed by atoms with E-state index in [2.05, 4.69) is 30.5 Å². The standard InChI is InChI=1S/C23H28FN7O2/c1-14(2)31-15(3)25-11-20(31)22-19(24)10-26-23(29-22)28-16-4-6-18(7-5-16)30-9-8-17(12-30)27-21(33)13-32/h4-7,10-11,14,17,32H,8-9,12-13H2,1-3H3,(H,27,33)(H,26,28,29)/t17-/m0/s1. The summed E-state index contributed by atoms with van der Waals surface area (Å²) in [5.41, 5.74) is 2.61. The van der Waals surface area contributed by atoms with E-state index in [9.17, 15) is 9.18 Å². The Hall–Kier alpha value is -3.53. The quantitative estimate of drug-likeness (QED) is 0.505. The Morgan fingerprint density at radius 1 is 1.24 bits per heavy atom. The van der Waals surface area contributed by atoms with E-state index in [-0.39, 0.29) is 23.7 Å². The average molecular weight is 454 g/mol. The van der Waals surface area contributed by atoms with Crippen molar-refractivity contribution in [3.05, 3.63) is 48.3 Å². The number of aromatic nitrogens is 4. The van der Waals surface area contributed by atoms with Crippen molar-refractivity contribution in [2.45, 2.75) is 39.3 Å². The number of aryl methyl sites for hydroxylation is 1. The molecule has 1 fully saturated rings. The summed E-state index contributed by atoms with van der Waals surface area (Å²) in [6, 6.07) is 7.90. The third kappa shape index (κ3) is 4.95. The number of hydrogen-bond acceptors (Lipinski definition) is 7. The number of amides is 1. The van der Waals surface area contributed by atoms with Crippen LogP contribution in [0.15, 0.2) is 36.7 Å². The largest absolute Gasteiger partial charge is 0.387 e. The van der Waals surface area contributed by atoms with Gasteiger partial charge < -0.3 is 25.2 Å². The minimum atomic E-state index is -0.505. The molecule has 33 heavy (non-hydrogen) atoms. The summed E-state index contributed by atoms with van der Waals surface area (Å²) in [5, 5.41) is 14.8. The molecule has 174 valence electrons. The van der Waals surface area contributed by atoms with Crippen LogP contribution in [-0.4, -0.2) is 56.3 Å². The maximum absolute atomic E-state index is 14.6. The van der Waals surface area contributed by atoms with Crippen molar-refractivity contribution < 1.29 is 14.3 Å². The van der Waals surface area contributed by atoms with Crippen LogP contribution in [0.5, 0.6) is 0 Å². The van der Waals surface area contributed by atoms with Crippen molar-refractivity contribution in [3.8, 4) is 11.4 Å². The molecule has 1 atom stereocenters. The van der Waals surface area contributed by atoms with Gasteiger partial charge in [0.2, 0.25) is 11.9 Å². The zero-order valence-corrected chi connectivity index (χ0v) is 18.9. The molecule has 3 N–H and O–H groups in total. The lowest BCUT2D eigenvalue weighted by molar-refractivity contribution is -0.124. The number of carbonyl (C=O) groups excluding carboxylic acids is 1. The van der Waals surface area contributed by atoms with Gasteiger partial charge in [0.25, 0.3) is 0 Å². The third-order valence-corrected chi connectivity index (χ3v) is 5.67. The summed E-state index contributed by atoms with van der Waals surface area (Å²) in [4.78, 5) is 26.4. The maximum atomic E-state index is 14.6. The molecule has 0 aliphatic carbocycles. The minimum Gasteiger partial charge on any atom is -0.387 e. The second-order valence-corrected chi connectivity index (χ2v) is 8.37. The molecule has 1 aliphatic rings. The lowest BCUT2D eigenvalue weighted by Gasteiger charge is -2.19. The van der Waals surface area contributed by atoms with Crippen LogP contribution in [-0.2, 0) is 4.79 Å². The monoisotopic (exact) mass is 453 g/mol. The van der Waals surface area contributed by atoms with Gasteiger partial charge in [-0.15, -0.1) is 0 Å². The van der Waals surface area contributed by atoms with Gasteiger partial charge in [-0.05, 0) is 51.5 Å². The Labute approximate surface area is 191 Å². The second-order valence-electron chi connectivity index (χ2n) is 8.37. The predicted molar refractivity (Wildman–Crippen MR) is 124 cm³/mol. The third-order valence-electron chi connectivity index (χ3n) is 5.67. The molecule has 3 heterocycles. The molecule has 3 aromatic rings. The first kappa shape index (κ1) is 22.7. The highest BCUT2D eigenvalue weighted by molar-refractivity contribution is 5.77. The Kier molecular flexibility index (Phi) is 6.55. The molecule has 0 saturated carbocycles. The molecule has 4 rings (SSSR count). The fourth-order valence-corrected chi connectivity index (χ4v) is 4.16.